The van der Waals surface area contributed by atoms with E-state index in [4.69, 9.17) is 11.5 Å². The minimum atomic E-state index is -1.28. The zero-order chi connectivity index (χ0) is 31.1. The van der Waals surface area contributed by atoms with E-state index < -0.39 is 53.8 Å². The Bertz CT molecular complexity index is 1490. The maximum atomic E-state index is 13.7. The van der Waals surface area contributed by atoms with Gasteiger partial charge >= 0.3 is 5.97 Å². The molecule has 4 unspecified atom stereocenters. The first kappa shape index (κ1) is 31.0. The number of hydrogen-bond acceptors (Lipinski definition) is 7. The van der Waals surface area contributed by atoms with Gasteiger partial charge in [-0.25, -0.2) is 4.79 Å². The first-order valence-corrected chi connectivity index (χ1v) is 14.0. The normalized spacial score (nSPS) is 16.8. The number of carboxylic acid groups (broad SMARTS) is 1. The van der Waals surface area contributed by atoms with Gasteiger partial charge in [-0.05, 0) is 55.0 Å². The summed E-state index contributed by atoms with van der Waals surface area (Å²) in [5.74, 6) is -3.73. The van der Waals surface area contributed by atoms with Crippen molar-refractivity contribution in [3.63, 3.8) is 0 Å². The van der Waals surface area contributed by atoms with Gasteiger partial charge in [-0.3, -0.25) is 19.2 Å². The molecule has 0 saturated carbocycles. The summed E-state index contributed by atoms with van der Waals surface area (Å²) >= 11 is 0. The Morgan fingerprint density at radius 3 is 2.42 bits per heavy atom. The number of fused-ring (bicyclic) bond motifs is 1. The van der Waals surface area contributed by atoms with Crippen molar-refractivity contribution in [1.29, 1.82) is 0 Å². The van der Waals surface area contributed by atoms with Crippen molar-refractivity contribution in [2.75, 3.05) is 6.54 Å². The number of carbonyl (C=O) groups is 5. The summed E-state index contributed by atoms with van der Waals surface area (Å²) in [5.41, 5.74) is 13.8. The number of phenols is 1. The van der Waals surface area contributed by atoms with Crippen molar-refractivity contribution in [3.05, 3.63) is 65.9 Å². The molecule has 13 heteroatoms. The van der Waals surface area contributed by atoms with Crippen molar-refractivity contribution in [1.82, 2.24) is 20.5 Å². The van der Waals surface area contributed by atoms with E-state index in [0.717, 1.165) is 16.5 Å². The summed E-state index contributed by atoms with van der Waals surface area (Å²) < 4.78 is 0. The lowest BCUT2D eigenvalue weighted by Gasteiger charge is -2.30. The fourth-order valence-corrected chi connectivity index (χ4v) is 5.29. The molecule has 4 atom stereocenters. The Hall–Kier alpha value is -4.91. The van der Waals surface area contributed by atoms with Crippen LogP contribution in [-0.4, -0.2) is 80.4 Å². The summed E-state index contributed by atoms with van der Waals surface area (Å²) in [4.78, 5) is 67.9. The van der Waals surface area contributed by atoms with Crippen LogP contribution in [-0.2, 0) is 36.8 Å². The van der Waals surface area contributed by atoms with E-state index >= 15 is 0 Å². The lowest BCUT2D eigenvalue weighted by molar-refractivity contribution is -0.145. The van der Waals surface area contributed by atoms with Crippen LogP contribution >= 0.6 is 0 Å². The molecule has 0 radical (unpaired) electrons. The number of carboxylic acids is 1. The first-order valence-electron chi connectivity index (χ1n) is 14.0. The zero-order valence-corrected chi connectivity index (χ0v) is 23.5. The van der Waals surface area contributed by atoms with E-state index in [1.54, 1.807) is 18.3 Å². The molecule has 9 N–H and O–H groups in total. The number of aromatic amines is 1. The van der Waals surface area contributed by atoms with Crippen LogP contribution in [0.4, 0.5) is 0 Å². The quantitative estimate of drug-likeness (QED) is 0.146. The van der Waals surface area contributed by atoms with Crippen molar-refractivity contribution >= 4 is 40.5 Å². The number of likely N-dealkylation sites (tertiary alicyclic amines) is 1. The SMILES string of the molecule is NC(=O)CCC(NC(=O)C(N)Cc1c[nH]c2ccccc12)C(=O)N1CCCC1C(=O)NC(Cc1ccc(O)cc1)C(=O)O. The highest BCUT2D eigenvalue weighted by molar-refractivity contribution is 5.95. The number of carbonyl (C=O) groups excluding carboxylic acids is 4. The number of H-pyrrole nitrogens is 1. The molecule has 2 aromatic carbocycles. The number of aromatic nitrogens is 1. The predicted molar refractivity (Wildman–Crippen MR) is 156 cm³/mol. The van der Waals surface area contributed by atoms with E-state index in [-0.39, 0.29) is 38.0 Å². The van der Waals surface area contributed by atoms with Gasteiger partial charge in [0.2, 0.25) is 23.6 Å². The summed E-state index contributed by atoms with van der Waals surface area (Å²) in [5, 5.41) is 25.3. The largest absolute Gasteiger partial charge is 0.508 e. The Balaban J connectivity index is 1.43. The number of nitrogens with one attached hydrogen (secondary N) is 3. The van der Waals surface area contributed by atoms with Crippen LogP contribution in [0.25, 0.3) is 10.9 Å². The molecule has 1 saturated heterocycles. The molecular weight excluding hydrogens is 556 g/mol. The number of benzene rings is 2. The van der Waals surface area contributed by atoms with E-state index in [9.17, 15) is 34.2 Å². The molecule has 4 rings (SSSR count). The Morgan fingerprint density at radius 2 is 1.72 bits per heavy atom. The second kappa shape index (κ2) is 13.8. The van der Waals surface area contributed by atoms with Gasteiger partial charge in [0.1, 0.15) is 23.9 Å². The van der Waals surface area contributed by atoms with Crippen LogP contribution in [0.2, 0.25) is 0 Å². The lowest BCUT2D eigenvalue weighted by Crippen LogP contribution is -2.57. The Morgan fingerprint density at radius 1 is 1.00 bits per heavy atom. The average molecular weight is 593 g/mol. The minimum Gasteiger partial charge on any atom is -0.508 e. The Kier molecular flexibility index (Phi) is 9.99. The minimum absolute atomic E-state index is 0.0247. The van der Waals surface area contributed by atoms with Crippen LogP contribution in [0, 0.1) is 0 Å². The fraction of sp³-hybridized carbons (Fsp3) is 0.367. The van der Waals surface area contributed by atoms with Gasteiger partial charge in [0.05, 0.1) is 6.04 Å². The third kappa shape index (κ3) is 7.89. The number of nitrogens with zero attached hydrogens (tertiary/aromatic N) is 1. The predicted octanol–water partition coefficient (Wildman–Crippen LogP) is 0.297. The third-order valence-corrected chi connectivity index (χ3v) is 7.57. The number of rotatable bonds is 13. The smallest absolute Gasteiger partial charge is 0.326 e. The topological polar surface area (TPSA) is 221 Å². The van der Waals surface area contributed by atoms with Crippen LogP contribution in [0.3, 0.4) is 0 Å². The molecule has 13 nitrogen and oxygen atoms in total. The van der Waals surface area contributed by atoms with Crippen molar-refractivity contribution in [2.24, 2.45) is 11.5 Å². The fourth-order valence-electron chi connectivity index (χ4n) is 5.29. The highest BCUT2D eigenvalue weighted by Gasteiger charge is 2.39. The maximum Gasteiger partial charge on any atom is 0.326 e. The molecule has 3 aromatic rings. The summed E-state index contributed by atoms with van der Waals surface area (Å²) in [7, 11) is 0. The Labute approximate surface area is 247 Å². The molecule has 43 heavy (non-hydrogen) atoms. The standard InChI is InChI=1S/C30H36N6O7/c31-21(15-18-16-33-22-5-2-1-4-20(18)22)27(39)34-23(11-12-26(32)38)29(41)36-13-3-6-25(36)28(40)35-24(30(42)43)14-17-7-9-19(37)10-8-17/h1-2,4-5,7-10,16,21,23-25,33,37H,3,6,11-15,31H2,(H2,32,38)(H,34,39)(H,35,40)(H,42,43). The summed E-state index contributed by atoms with van der Waals surface area (Å²) in [6.07, 6.45) is 2.42. The van der Waals surface area contributed by atoms with Crippen molar-refractivity contribution < 1.29 is 34.2 Å². The van der Waals surface area contributed by atoms with Gasteiger partial charge in [0.15, 0.2) is 0 Å². The van der Waals surface area contributed by atoms with E-state index in [0.29, 0.717) is 18.4 Å². The molecule has 1 aliphatic rings. The molecule has 0 aliphatic carbocycles. The molecule has 1 aliphatic heterocycles. The second-order valence-corrected chi connectivity index (χ2v) is 10.7. The zero-order valence-electron chi connectivity index (χ0n) is 23.5. The number of amides is 4. The number of aromatic hydroxyl groups is 1. The number of nitrogens with two attached hydrogens (primary N) is 2. The monoisotopic (exact) mass is 592 g/mol. The van der Waals surface area contributed by atoms with Crippen LogP contribution in [0.1, 0.15) is 36.8 Å². The summed E-state index contributed by atoms with van der Waals surface area (Å²) in [6, 6.07) is 9.08. The van der Waals surface area contributed by atoms with E-state index in [2.05, 4.69) is 15.6 Å². The molecule has 0 bridgehead atoms. The molecule has 228 valence electrons. The molecule has 0 spiro atoms. The molecule has 4 amide bonds. The molecular formula is C30H36N6O7. The van der Waals surface area contributed by atoms with Gasteiger partial charge in [-0.15, -0.1) is 0 Å². The van der Waals surface area contributed by atoms with E-state index in [1.165, 1.54) is 17.0 Å². The van der Waals surface area contributed by atoms with Gasteiger partial charge in [0.25, 0.3) is 0 Å². The number of hydrogen-bond donors (Lipinski definition) is 7. The molecule has 2 heterocycles. The lowest BCUT2D eigenvalue weighted by atomic mass is 10.0. The number of phenolic OH excluding ortho intramolecular Hbond substituents is 1. The van der Waals surface area contributed by atoms with Gasteiger partial charge in [-0.2, -0.15) is 0 Å². The van der Waals surface area contributed by atoms with Gasteiger partial charge < -0.3 is 42.2 Å². The highest BCUT2D eigenvalue weighted by atomic mass is 16.4. The maximum absolute atomic E-state index is 13.7. The summed E-state index contributed by atoms with van der Waals surface area (Å²) in [6.45, 7) is 0.205. The van der Waals surface area contributed by atoms with E-state index in [1.807, 2.05) is 24.3 Å². The highest BCUT2D eigenvalue weighted by Crippen LogP contribution is 2.22. The molecule has 1 aromatic heterocycles. The van der Waals surface area contributed by atoms with Crippen molar-refractivity contribution in [3.8, 4) is 5.75 Å². The molecule has 1 fully saturated rings. The second-order valence-electron chi connectivity index (χ2n) is 10.7. The van der Waals surface area contributed by atoms with Crippen LogP contribution in [0.5, 0.6) is 5.75 Å². The van der Waals surface area contributed by atoms with Gasteiger partial charge in [0, 0.05) is 36.5 Å². The third-order valence-electron chi connectivity index (χ3n) is 7.57. The number of aliphatic carboxylic acids is 1. The van der Waals surface area contributed by atoms with Crippen LogP contribution < -0.4 is 22.1 Å². The van der Waals surface area contributed by atoms with Crippen LogP contribution in [0.15, 0.2) is 54.7 Å². The van der Waals surface area contributed by atoms with Gasteiger partial charge in [-0.1, -0.05) is 30.3 Å². The first-order chi connectivity index (χ1) is 20.5. The average Bonchev–Trinajstić information content (AvgIpc) is 3.63. The number of para-hydroxylation sites is 1. The number of primary amides is 1. The van der Waals surface area contributed by atoms with Crippen molar-refractivity contribution in [2.45, 2.75) is 62.7 Å².